The molecule has 0 aromatic carbocycles. The maximum Gasteiger partial charge on any atom is 0.271 e. The molecule has 0 aliphatic carbocycles. The SMILES string of the molecule is CCN(CC)C(=O)CCNc1ccc(C(=O)NC)nn1. The largest absolute Gasteiger partial charge is 0.368 e. The minimum absolute atomic E-state index is 0.109. The van der Waals surface area contributed by atoms with Crippen LogP contribution in [0.2, 0.25) is 0 Å². The predicted molar refractivity (Wildman–Crippen MR) is 76.5 cm³/mol. The maximum absolute atomic E-state index is 11.8. The summed E-state index contributed by atoms with van der Waals surface area (Å²) in [7, 11) is 1.54. The fourth-order valence-electron chi connectivity index (χ4n) is 1.71. The van der Waals surface area contributed by atoms with Crippen molar-refractivity contribution in [1.82, 2.24) is 20.4 Å². The van der Waals surface area contributed by atoms with Gasteiger partial charge in [-0.25, -0.2) is 0 Å². The molecular formula is C13H21N5O2. The van der Waals surface area contributed by atoms with E-state index in [4.69, 9.17) is 0 Å². The van der Waals surface area contributed by atoms with Gasteiger partial charge in [0.2, 0.25) is 5.91 Å². The molecule has 0 fully saturated rings. The highest BCUT2D eigenvalue weighted by Gasteiger charge is 2.09. The topological polar surface area (TPSA) is 87.2 Å². The molecule has 110 valence electrons. The van der Waals surface area contributed by atoms with E-state index in [2.05, 4.69) is 20.8 Å². The Labute approximate surface area is 118 Å². The summed E-state index contributed by atoms with van der Waals surface area (Å²) in [5.74, 6) is 0.378. The third-order valence-corrected chi connectivity index (χ3v) is 2.89. The Kier molecular flexibility index (Phi) is 6.42. The highest BCUT2D eigenvalue weighted by Crippen LogP contribution is 2.02. The Morgan fingerprint density at radius 2 is 1.90 bits per heavy atom. The molecule has 0 saturated carbocycles. The van der Waals surface area contributed by atoms with Crippen molar-refractivity contribution in [3.8, 4) is 0 Å². The molecular weight excluding hydrogens is 258 g/mol. The molecule has 7 nitrogen and oxygen atoms in total. The number of aromatic nitrogens is 2. The highest BCUT2D eigenvalue weighted by atomic mass is 16.2. The average Bonchev–Trinajstić information content (AvgIpc) is 2.48. The van der Waals surface area contributed by atoms with E-state index in [1.165, 1.54) is 7.05 Å². The van der Waals surface area contributed by atoms with Gasteiger partial charge in [-0.3, -0.25) is 9.59 Å². The Hall–Kier alpha value is -2.18. The molecule has 0 aliphatic heterocycles. The van der Waals surface area contributed by atoms with Gasteiger partial charge in [0.25, 0.3) is 5.91 Å². The van der Waals surface area contributed by atoms with Crippen LogP contribution in [0.1, 0.15) is 30.8 Å². The molecule has 7 heteroatoms. The van der Waals surface area contributed by atoms with Crippen LogP contribution in [0, 0.1) is 0 Å². The second-order valence-corrected chi connectivity index (χ2v) is 4.13. The fourth-order valence-corrected chi connectivity index (χ4v) is 1.71. The Morgan fingerprint density at radius 3 is 2.40 bits per heavy atom. The van der Waals surface area contributed by atoms with Crippen molar-refractivity contribution in [2.24, 2.45) is 0 Å². The highest BCUT2D eigenvalue weighted by molar-refractivity contribution is 5.91. The van der Waals surface area contributed by atoms with Gasteiger partial charge in [-0.1, -0.05) is 0 Å². The van der Waals surface area contributed by atoms with Crippen LogP contribution in [-0.4, -0.2) is 53.6 Å². The second-order valence-electron chi connectivity index (χ2n) is 4.13. The quantitative estimate of drug-likeness (QED) is 0.759. The van der Waals surface area contributed by atoms with Gasteiger partial charge in [0, 0.05) is 33.1 Å². The number of nitrogens with zero attached hydrogens (tertiary/aromatic N) is 3. The molecule has 0 atom stereocenters. The van der Waals surface area contributed by atoms with Crippen molar-refractivity contribution in [2.45, 2.75) is 20.3 Å². The van der Waals surface area contributed by atoms with E-state index in [-0.39, 0.29) is 17.5 Å². The molecule has 2 N–H and O–H groups in total. The van der Waals surface area contributed by atoms with Crippen LogP contribution in [0.5, 0.6) is 0 Å². The van der Waals surface area contributed by atoms with Gasteiger partial charge in [0.15, 0.2) is 5.69 Å². The lowest BCUT2D eigenvalue weighted by Gasteiger charge is -2.18. The number of hydrogen-bond donors (Lipinski definition) is 2. The van der Waals surface area contributed by atoms with Gasteiger partial charge in [-0.15, -0.1) is 10.2 Å². The van der Waals surface area contributed by atoms with Gasteiger partial charge in [0.05, 0.1) is 0 Å². The molecule has 1 aromatic heterocycles. The van der Waals surface area contributed by atoms with Gasteiger partial charge < -0.3 is 15.5 Å². The molecule has 1 rings (SSSR count). The van der Waals surface area contributed by atoms with Crippen molar-refractivity contribution in [3.05, 3.63) is 17.8 Å². The summed E-state index contributed by atoms with van der Waals surface area (Å²) in [6.07, 6.45) is 0.403. The van der Waals surface area contributed by atoms with Crippen LogP contribution in [0.3, 0.4) is 0 Å². The summed E-state index contributed by atoms with van der Waals surface area (Å²) in [4.78, 5) is 24.8. The number of carbonyl (C=O) groups excluding carboxylic acids is 2. The second kappa shape index (κ2) is 8.08. The molecule has 0 aliphatic rings. The number of nitrogens with one attached hydrogen (secondary N) is 2. The van der Waals surface area contributed by atoms with E-state index in [1.807, 2.05) is 13.8 Å². The molecule has 1 heterocycles. The summed E-state index contributed by atoms with van der Waals surface area (Å²) in [5.41, 5.74) is 0.261. The zero-order valence-electron chi connectivity index (χ0n) is 12.1. The van der Waals surface area contributed by atoms with E-state index in [0.29, 0.717) is 18.8 Å². The summed E-state index contributed by atoms with van der Waals surface area (Å²) < 4.78 is 0. The first-order valence-corrected chi connectivity index (χ1v) is 6.69. The van der Waals surface area contributed by atoms with Crippen LogP contribution in [0.25, 0.3) is 0 Å². The van der Waals surface area contributed by atoms with Gasteiger partial charge in [-0.2, -0.15) is 0 Å². The number of anilines is 1. The molecule has 20 heavy (non-hydrogen) atoms. The van der Waals surface area contributed by atoms with E-state index in [0.717, 1.165) is 13.1 Å². The smallest absolute Gasteiger partial charge is 0.271 e. The first kappa shape index (κ1) is 15.9. The first-order chi connectivity index (χ1) is 9.62. The number of rotatable bonds is 7. The lowest BCUT2D eigenvalue weighted by Crippen LogP contribution is -2.31. The third kappa shape index (κ3) is 4.49. The lowest BCUT2D eigenvalue weighted by molar-refractivity contribution is -0.130. The summed E-state index contributed by atoms with van der Waals surface area (Å²) in [6, 6.07) is 3.25. The lowest BCUT2D eigenvalue weighted by atomic mass is 10.3. The number of hydrogen-bond acceptors (Lipinski definition) is 5. The Bertz CT molecular complexity index is 443. The van der Waals surface area contributed by atoms with Crippen molar-refractivity contribution >= 4 is 17.6 Å². The standard InChI is InChI=1S/C13H21N5O2/c1-4-18(5-2)12(19)8-9-15-11-7-6-10(16-17-11)13(20)14-3/h6-7H,4-5,8-9H2,1-3H3,(H,14,20)(H,15,17). The number of amides is 2. The summed E-state index contributed by atoms with van der Waals surface area (Å²) >= 11 is 0. The maximum atomic E-state index is 11.8. The summed E-state index contributed by atoms with van der Waals surface area (Å²) in [5, 5.41) is 13.2. The van der Waals surface area contributed by atoms with Crippen molar-refractivity contribution in [1.29, 1.82) is 0 Å². The van der Waals surface area contributed by atoms with Gasteiger partial charge in [-0.05, 0) is 26.0 Å². The minimum Gasteiger partial charge on any atom is -0.368 e. The number of carbonyl (C=O) groups is 2. The van der Waals surface area contributed by atoms with Gasteiger partial charge in [0.1, 0.15) is 5.82 Å². The van der Waals surface area contributed by atoms with Crippen LogP contribution in [-0.2, 0) is 4.79 Å². The van der Waals surface area contributed by atoms with Crippen molar-refractivity contribution < 1.29 is 9.59 Å². The average molecular weight is 279 g/mol. The normalized spacial score (nSPS) is 9.95. The molecule has 0 bridgehead atoms. The van der Waals surface area contributed by atoms with Crippen LogP contribution in [0.15, 0.2) is 12.1 Å². The zero-order valence-corrected chi connectivity index (χ0v) is 12.1. The first-order valence-electron chi connectivity index (χ1n) is 6.69. The zero-order chi connectivity index (χ0) is 15.0. The van der Waals surface area contributed by atoms with Gasteiger partial charge >= 0.3 is 0 Å². The minimum atomic E-state index is -0.277. The molecule has 0 spiro atoms. The van der Waals surface area contributed by atoms with Crippen molar-refractivity contribution in [3.63, 3.8) is 0 Å². The van der Waals surface area contributed by atoms with Crippen LogP contribution in [0.4, 0.5) is 5.82 Å². The predicted octanol–water partition coefficient (Wildman–Crippen LogP) is 0.507. The van der Waals surface area contributed by atoms with Crippen molar-refractivity contribution in [2.75, 3.05) is 32.0 Å². The van der Waals surface area contributed by atoms with E-state index in [1.54, 1.807) is 17.0 Å². The van der Waals surface area contributed by atoms with Crippen LogP contribution >= 0.6 is 0 Å². The molecule has 0 radical (unpaired) electrons. The molecule has 2 amide bonds. The van der Waals surface area contributed by atoms with Crippen LogP contribution < -0.4 is 10.6 Å². The Morgan fingerprint density at radius 1 is 1.20 bits per heavy atom. The third-order valence-electron chi connectivity index (χ3n) is 2.89. The molecule has 0 unspecified atom stereocenters. The van der Waals surface area contributed by atoms with E-state index >= 15 is 0 Å². The summed E-state index contributed by atoms with van der Waals surface area (Å²) in [6.45, 7) is 5.84. The fraction of sp³-hybridized carbons (Fsp3) is 0.538. The molecule has 1 aromatic rings. The molecule has 0 saturated heterocycles. The van der Waals surface area contributed by atoms with E-state index in [9.17, 15) is 9.59 Å². The Balaban J connectivity index is 2.43. The van der Waals surface area contributed by atoms with E-state index < -0.39 is 0 Å². The monoisotopic (exact) mass is 279 g/mol.